The van der Waals surface area contributed by atoms with E-state index in [2.05, 4.69) is 143 Å². The van der Waals surface area contributed by atoms with Gasteiger partial charge in [-0.2, -0.15) is 0 Å². The number of rotatable bonds is 18. The van der Waals surface area contributed by atoms with Gasteiger partial charge in [0.05, 0.1) is 0 Å². The lowest BCUT2D eigenvalue weighted by Gasteiger charge is -2.12. The molecule has 0 bridgehead atoms. The molecule has 6 heteroatoms. The molecule has 7 rings (SSSR count). The van der Waals surface area contributed by atoms with Gasteiger partial charge in [-0.25, -0.2) is 29.9 Å². The fourth-order valence-electron chi connectivity index (χ4n) is 7.31. The lowest BCUT2D eigenvalue weighted by molar-refractivity contribution is 0.795. The molecule has 6 nitrogen and oxygen atoms in total. The van der Waals surface area contributed by atoms with Crippen LogP contribution >= 0.6 is 0 Å². The zero-order valence-electron chi connectivity index (χ0n) is 34.7. The van der Waals surface area contributed by atoms with Crippen LogP contribution in [0.4, 0.5) is 0 Å². The van der Waals surface area contributed by atoms with E-state index in [1.54, 1.807) is 0 Å². The van der Waals surface area contributed by atoms with Gasteiger partial charge in [-0.15, -0.1) is 0 Å². The van der Waals surface area contributed by atoms with Crippen LogP contribution in [0, 0.1) is 0 Å². The van der Waals surface area contributed by atoms with Crippen LogP contribution in [0.5, 0.6) is 0 Å². The second-order valence-electron chi connectivity index (χ2n) is 15.4. The van der Waals surface area contributed by atoms with E-state index in [0.29, 0.717) is 34.9 Å². The molecule has 0 saturated carbocycles. The van der Waals surface area contributed by atoms with Crippen molar-refractivity contribution in [3.63, 3.8) is 0 Å². The molecule has 2 heterocycles. The van der Waals surface area contributed by atoms with Crippen molar-refractivity contribution in [2.75, 3.05) is 0 Å². The topological polar surface area (TPSA) is 77.3 Å². The van der Waals surface area contributed by atoms with Gasteiger partial charge >= 0.3 is 0 Å². The number of unbranched alkanes of at least 4 members (excludes halogenated alkanes) is 4. The zero-order chi connectivity index (χ0) is 40.1. The molecular formula is C52H56N6. The van der Waals surface area contributed by atoms with Crippen LogP contribution in [0.15, 0.2) is 121 Å². The van der Waals surface area contributed by atoms with Crippen molar-refractivity contribution in [2.24, 2.45) is 0 Å². The molecule has 7 aromatic rings. The standard InChI is InChI=1S/C52H56N6/c1-5-9-18-37-22-13-26-41(32-37)47-53-48(42-27-14-23-38(33-42)19-10-6-2)56-51(55-47)45-30-17-31-46(36-45)52-57-49(43-28-15-24-39(34-43)20-11-7-3)54-50(58-52)44-29-16-25-40(35-44)21-12-8-4/h13-17,22-36H,5-12,18-21H2,1-4H3. The third-order valence-corrected chi connectivity index (χ3v) is 10.7. The number of aryl methyl sites for hydroxylation is 4. The Morgan fingerprint density at radius 1 is 0.276 bits per heavy atom. The van der Waals surface area contributed by atoms with Gasteiger partial charge in [0.2, 0.25) is 0 Å². The Balaban J connectivity index is 1.35. The van der Waals surface area contributed by atoms with Crippen LogP contribution in [0.25, 0.3) is 68.3 Å². The first-order valence-electron chi connectivity index (χ1n) is 21.5. The van der Waals surface area contributed by atoms with E-state index in [4.69, 9.17) is 29.9 Å². The highest BCUT2D eigenvalue weighted by Gasteiger charge is 2.17. The number of nitrogens with zero attached hydrogens (tertiary/aromatic N) is 6. The van der Waals surface area contributed by atoms with Crippen molar-refractivity contribution in [1.82, 2.24) is 29.9 Å². The minimum atomic E-state index is 0.613. The van der Waals surface area contributed by atoms with Crippen LogP contribution in [0.2, 0.25) is 0 Å². The summed E-state index contributed by atoms with van der Waals surface area (Å²) < 4.78 is 0. The summed E-state index contributed by atoms with van der Waals surface area (Å²) in [5.41, 5.74) is 10.9. The Labute approximate surface area is 345 Å². The molecule has 5 aromatic carbocycles. The van der Waals surface area contributed by atoms with Gasteiger partial charge in [-0.3, -0.25) is 0 Å². The monoisotopic (exact) mass is 764 g/mol. The van der Waals surface area contributed by atoms with Crippen LogP contribution in [0.1, 0.15) is 101 Å². The minimum absolute atomic E-state index is 0.613. The summed E-state index contributed by atoms with van der Waals surface area (Å²) >= 11 is 0. The van der Waals surface area contributed by atoms with Gasteiger partial charge in [0.25, 0.3) is 0 Å². The van der Waals surface area contributed by atoms with E-state index in [9.17, 15) is 0 Å². The summed E-state index contributed by atoms with van der Waals surface area (Å²) in [6.45, 7) is 8.92. The number of aromatic nitrogens is 6. The van der Waals surface area contributed by atoms with E-state index in [-0.39, 0.29) is 0 Å². The molecule has 0 spiro atoms. The zero-order valence-corrected chi connectivity index (χ0v) is 34.7. The molecule has 0 atom stereocenters. The van der Waals surface area contributed by atoms with Crippen LogP contribution < -0.4 is 0 Å². The molecule has 294 valence electrons. The van der Waals surface area contributed by atoms with Gasteiger partial charge in [0, 0.05) is 33.4 Å². The van der Waals surface area contributed by atoms with Gasteiger partial charge in [0.15, 0.2) is 34.9 Å². The van der Waals surface area contributed by atoms with Gasteiger partial charge in [-0.1, -0.05) is 144 Å². The van der Waals surface area contributed by atoms with Gasteiger partial charge in [0.1, 0.15) is 0 Å². The maximum Gasteiger partial charge on any atom is 0.164 e. The largest absolute Gasteiger partial charge is 0.208 e. The van der Waals surface area contributed by atoms with Gasteiger partial charge < -0.3 is 0 Å². The summed E-state index contributed by atoms with van der Waals surface area (Å²) in [5, 5.41) is 0. The first-order valence-corrected chi connectivity index (χ1v) is 21.5. The van der Waals surface area contributed by atoms with Crippen molar-refractivity contribution in [3.8, 4) is 68.3 Å². The van der Waals surface area contributed by atoms with E-state index >= 15 is 0 Å². The molecule has 2 aromatic heterocycles. The Morgan fingerprint density at radius 2 is 0.483 bits per heavy atom. The van der Waals surface area contributed by atoms with Crippen molar-refractivity contribution in [3.05, 3.63) is 144 Å². The first kappa shape index (κ1) is 40.3. The fourth-order valence-corrected chi connectivity index (χ4v) is 7.31. The number of benzene rings is 5. The van der Waals surface area contributed by atoms with Crippen LogP contribution in [-0.4, -0.2) is 29.9 Å². The molecule has 0 unspecified atom stereocenters. The predicted octanol–water partition coefficient (Wildman–Crippen LogP) is 13.4. The van der Waals surface area contributed by atoms with E-state index < -0.39 is 0 Å². The molecular weight excluding hydrogens is 709 g/mol. The maximum absolute atomic E-state index is 5.15. The van der Waals surface area contributed by atoms with Crippen molar-refractivity contribution in [2.45, 2.75) is 105 Å². The second kappa shape index (κ2) is 20.0. The van der Waals surface area contributed by atoms with Crippen molar-refractivity contribution in [1.29, 1.82) is 0 Å². The highest BCUT2D eigenvalue weighted by Crippen LogP contribution is 2.31. The second-order valence-corrected chi connectivity index (χ2v) is 15.4. The number of hydrogen-bond donors (Lipinski definition) is 0. The Kier molecular flexibility index (Phi) is 13.9. The van der Waals surface area contributed by atoms with Crippen molar-refractivity contribution >= 4 is 0 Å². The Morgan fingerprint density at radius 3 is 0.707 bits per heavy atom. The first-order chi connectivity index (χ1) is 28.5. The Hall–Kier alpha value is -5.88. The molecule has 0 N–H and O–H groups in total. The van der Waals surface area contributed by atoms with E-state index in [0.717, 1.165) is 110 Å². The molecule has 0 fully saturated rings. The third-order valence-electron chi connectivity index (χ3n) is 10.7. The average Bonchev–Trinajstić information content (AvgIpc) is 3.29. The summed E-state index contributed by atoms with van der Waals surface area (Å²) in [4.78, 5) is 30.8. The lowest BCUT2D eigenvalue weighted by Crippen LogP contribution is -2.02. The summed E-state index contributed by atoms with van der Waals surface area (Å²) in [6, 6.07) is 42.9. The molecule has 0 aliphatic heterocycles. The summed E-state index contributed by atoms with van der Waals surface area (Å²) in [6.07, 6.45) is 13.3. The smallest absolute Gasteiger partial charge is 0.164 e. The molecule has 0 saturated heterocycles. The maximum atomic E-state index is 5.15. The quantitative estimate of drug-likeness (QED) is 0.0866. The lowest BCUT2D eigenvalue weighted by atomic mass is 10.0. The van der Waals surface area contributed by atoms with Crippen molar-refractivity contribution < 1.29 is 0 Å². The molecule has 0 radical (unpaired) electrons. The fraction of sp³-hybridized carbons (Fsp3) is 0.308. The van der Waals surface area contributed by atoms with Crippen LogP contribution in [-0.2, 0) is 25.7 Å². The van der Waals surface area contributed by atoms with Crippen LogP contribution in [0.3, 0.4) is 0 Å². The number of hydrogen-bond acceptors (Lipinski definition) is 6. The molecule has 0 aliphatic carbocycles. The normalized spacial score (nSPS) is 11.2. The summed E-state index contributed by atoms with van der Waals surface area (Å²) in [7, 11) is 0. The summed E-state index contributed by atoms with van der Waals surface area (Å²) in [5.74, 6) is 3.89. The van der Waals surface area contributed by atoms with E-state index in [1.807, 2.05) is 6.07 Å². The molecule has 0 amide bonds. The average molecular weight is 765 g/mol. The molecule has 58 heavy (non-hydrogen) atoms. The van der Waals surface area contributed by atoms with Gasteiger partial charge in [-0.05, 0) is 104 Å². The SMILES string of the molecule is CCCCc1cccc(-c2nc(-c3cccc(CCCC)c3)nc(-c3cccc(-c4nc(-c5cccc(CCCC)c5)nc(-c5cccc(CCCC)c5)n4)c3)n2)c1. The third kappa shape index (κ3) is 10.3. The molecule has 0 aliphatic rings. The van der Waals surface area contributed by atoms with E-state index in [1.165, 1.54) is 22.3 Å². The highest BCUT2D eigenvalue weighted by atomic mass is 15.0. The Bertz CT molecular complexity index is 2130. The highest BCUT2D eigenvalue weighted by molar-refractivity contribution is 5.72. The minimum Gasteiger partial charge on any atom is -0.208 e. The predicted molar refractivity (Wildman–Crippen MR) is 240 cm³/mol.